The van der Waals surface area contributed by atoms with Crippen molar-refractivity contribution >= 4 is 41.5 Å². The van der Waals surface area contributed by atoms with Crippen LogP contribution < -0.4 is 10.5 Å². The highest BCUT2D eigenvalue weighted by Crippen LogP contribution is 2.25. The maximum absolute atomic E-state index is 12.3. The van der Waals surface area contributed by atoms with Gasteiger partial charge in [0.15, 0.2) is 5.96 Å². The third-order valence-corrected chi connectivity index (χ3v) is 2.97. The largest absolute Gasteiger partial charge is 0.434 e. The summed E-state index contributed by atoms with van der Waals surface area (Å²) in [6, 6.07) is 4.42. The monoisotopic (exact) mass is 433 g/mol. The third-order valence-electron chi connectivity index (χ3n) is 2.74. The Kier molecular flexibility index (Phi) is 9.60. The van der Waals surface area contributed by atoms with Gasteiger partial charge < -0.3 is 15.4 Å². The van der Waals surface area contributed by atoms with Gasteiger partial charge in [0, 0.05) is 23.7 Å². The van der Waals surface area contributed by atoms with E-state index in [0.717, 1.165) is 13.1 Å². The average molecular weight is 434 g/mol. The minimum absolute atomic E-state index is 0. The lowest BCUT2D eigenvalue weighted by Crippen LogP contribution is -2.37. The van der Waals surface area contributed by atoms with Gasteiger partial charge in [-0.25, -0.2) is 4.99 Å². The SMILES string of the molecule is CCN(CC)C(N)=NCc1cc(Cl)ccc1OC(F)F.I. The van der Waals surface area contributed by atoms with Crippen LogP contribution in [0.2, 0.25) is 5.02 Å². The second kappa shape index (κ2) is 9.99. The summed E-state index contributed by atoms with van der Waals surface area (Å²) in [6.45, 7) is 2.60. The Bertz CT molecular complexity index is 471. The number of ether oxygens (including phenoxy) is 1. The summed E-state index contributed by atoms with van der Waals surface area (Å²) >= 11 is 5.85. The van der Waals surface area contributed by atoms with Crippen molar-refractivity contribution in [1.82, 2.24) is 4.90 Å². The highest BCUT2D eigenvalue weighted by Gasteiger charge is 2.10. The minimum atomic E-state index is -2.89. The molecule has 0 saturated carbocycles. The number of halogens is 4. The van der Waals surface area contributed by atoms with Gasteiger partial charge in [-0.2, -0.15) is 8.78 Å². The van der Waals surface area contributed by atoms with Crippen molar-refractivity contribution in [3.05, 3.63) is 28.8 Å². The van der Waals surface area contributed by atoms with E-state index in [-0.39, 0.29) is 36.3 Å². The Morgan fingerprint density at radius 3 is 2.52 bits per heavy atom. The fourth-order valence-corrected chi connectivity index (χ4v) is 1.89. The zero-order valence-electron chi connectivity index (χ0n) is 11.9. The van der Waals surface area contributed by atoms with Crippen molar-refractivity contribution in [3.63, 3.8) is 0 Å². The first-order valence-corrected chi connectivity index (χ1v) is 6.63. The van der Waals surface area contributed by atoms with E-state index in [1.54, 1.807) is 0 Å². The summed E-state index contributed by atoms with van der Waals surface area (Å²) in [7, 11) is 0. The van der Waals surface area contributed by atoms with E-state index in [1.165, 1.54) is 18.2 Å². The molecule has 0 bridgehead atoms. The molecule has 8 heteroatoms. The Labute approximate surface area is 145 Å². The number of aliphatic imine (C=N–C) groups is 1. The van der Waals surface area contributed by atoms with Crippen LogP contribution >= 0.6 is 35.6 Å². The second-order valence-corrected chi connectivity index (χ2v) is 4.41. The van der Waals surface area contributed by atoms with E-state index in [0.29, 0.717) is 16.5 Å². The van der Waals surface area contributed by atoms with Crippen LogP contribution in [0.25, 0.3) is 0 Å². The van der Waals surface area contributed by atoms with E-state index in [4.69, 9.17) is 17.3 Å². The van der Waals surface area contributed by atoms with Crippen LogP contribution in [0.5, 0.6) is 5.75 Å². The molecule has 0 aromatic heterocycles. The van der Waals surface area contributed by atoms with E-state index in [9.17, 15) is 8.78 Å². The summed E-state index contributed by atoms with van der Waals surface area (Å²) in [5.74, 6) is 0.415. The topological polar surface area (TPSA) is 50.8 Å². The van der Waals surface area contributed by atoms with Gasteiger partial charge in [0.05, 0.1) is 6.54 Å². The van der Waals surface area contributed by atoms with Gasteiger partial charge in [-0.1, -0.05) is 11.6 Å². The first kappa shape index (κ1) is 20.2. The van der Waals surface area contributed by atoms with Crippen molar-refractivity contribution in [2.24, 2.45) is 10.7 Å². The van der Waals surface area contributed by atoms with Gasteiger partial charge in [0.1, 0.15) is 5.75 Å². The smallest absolute Gasteiger partial charge is 0.387 e. The maximum Gasteiger partial charge on any atom is 0.387 e. The molecule has 0 unspecified atom stereocenters. The molecule has 0 spiro atoms. The molecule has 1 aromatic rings. The number of hydrogen-bond donors (Lipinski definition) is 1. The van der Waals surface area contributed by atoms with Gasteiger partial charge in [-0.15, -0.1) is 24.0 Å². The average Bonchev–Trinajstić information content (AvgIpc) is 2.40. The van der Waals surface area contributed by atoms with Gasteiger partial charge in [-0.05, 0) is 32.0 Å². The van der Waals surface area contributed by atoms with E-state index in [1.807, 2.05) is 18.7 Å². The summed E-state index contributed by atoms with van der Waals surface area (Å²) in [5, 5.41) is 0.429. The van der Waals surface area contributed by atoms with Crippen molar-refractivity contribution in [2.45, 2.75) is 27.0 Å². The van der Waals surface area contributed by atoms with Crippen LogP contribution in [0.3, 0.4) is 0 Å². The van der Waals surface area contributed by atoms with Crippen LogP contribution in [0.4, 0.5) is 8.78 Å². The molecule has 1 aromatic carbocycles. The molecule has 0 fully saturated rings. The number of benzene rings is 1. The molecule has 0 aliphatic carbocycles. The predicted molar refractivity (Wildman–Crippen MR) is 91.7 cm³/mol. The van der Waals surface area contributed by atoms with Crippen molar-refractivity contribution in [3.8, 4) is 5.75 Å². The number of alkyl halides is 2. The van der Waals surface area contributed by atoms with E-state index < -0.39 is 6.61 Å². The number of nitrogens with two attached hydrogens (primary N) is 1. The standard InChI is InChI=1S/C13H18ClF2N3O.HI/c1-3-19(4-2)13(17)18-8-9-7-10(14)5-6-11(9)20-12(15)16;/h5-7,12H,3-4,8H2,1-2H3,(H2,17,18);1H. The minimum Gasteiger partial charge on any atom is -0.434 e. The van der Waals surface area contributed by atoms with Crippen LogP contribution in [0.1, 0.15) is 19.4 Å². The van der Waals surface area contributed by atoms with Gasteiger partial charge in [0.2, 0.25) is 0 Å². The predicted octanol–water partition coefficient (Wildman–Crippen LogP) is 3.72. The Morgan fingerprint density at radius 2 is 2.00 bits per heavy atom. The second-order valence-electron chi connectivity index (χ2n) is 3.98. The molecular formula is C13H19ClF2IN3O. The number of rotatable bonds is 6. The van der Waals surface area contributed by atoms with E-state index in [2.05, 4.69) is 9.73 Å². The highest BCUT2D eigenvalue weighted by atomic mass is 127. The molecule has 21 heavy (non-hydrogen) atoms. The maximum atomic E-state index is 12.3. The lowest BCUT2D eigenvalue weighted by molar-refractivity contribution is -0.0504. The lowest BCUT2D eigenvalue weighted by atomic mass is 10.2. The fourth-order valence-electron chi connectivity index (χ4n) is 1.70. The number of hydrogen-bond acceptors (Lipinski definition) is 2. The van der Waals surface area contributed by atoms with E-state index >= 15 is 0 Å². The molecule has 0 radical (unpaired) electrons. The highest BCUT2D eigenvalue weighted by molar-refractivity contribution is 14.0. The van der Waals surface area contributed by atoms with Gasteiger partial charge in [-0.3, -0.25) is 0 Å². The molecule has 4 nitrogen and oxygen atoms in total. The first-order chi connectivity index (χ1) is 9.47. The summed E-state index contributed by atoms with van der Waals surface area (Å²) in [6.07, 6.45) is 0. The van der Waals surface area contributed by atoms with Crippen LogP contribution in [0, 0.1) is 0 Å². The molecule has 0 aliphatic rings. The molecule has 1 rings (SSSR count). The molecule has 0 saturated heterocycles. The van der Waals surface area contributed by atoms with Crippen molar-refractivity contribution < 1.29 is 13.5 Å². The van der Waals surface area contributed by atoms with Crippen LogP contribution in [0.15, 0.2) is 23.2 Å². The third kappa shape index (κ3) is 6.64. The zero-order chi connectivity index (χ0) is 15.1. The molecular weight excluding hydrogens is 415 g/mol. The molecule has 0 amide bonds. The Hall–Kier alpha value is -0.830. The normalized spacial score (nSPS) is 11.2. The zero-order valence-corrected chi connectivity index (χ0v) is 14.9. The summed E-state index contributed by atoms with van der Waals surface area (Å²) in [4.78, 5) is 6.04. The number of nitrogens with zero attached hydrogens (tertiary/aromatic N) is 2. The molecule has 120 valence electrons. The molecule has 0 aliphatic heterocycles. The van der Waals surface area contributed by atoms with Gasteiger partial charge >= 0.3 is 6.61 Å². The molecule has 0 atom stereocenters. The summed E-state index contributed by atoms with van der Waals surface area (Å²) in [5.41, 5.74) is 6.30. The molecule has 2 N–H and O–H groups in total. The fraction of sp³-hybridized carbons (Fsp3) is 0.462. The Balaban J connectivity index is 0.00000400. The number of guanidine groups is 1. The first-order valence-electron chi connectivity index (χ1n) is 6.26. The molecule has 0 heterocycles. The Morgan fingerprint density at radius 1 is 1.38 bits per heavy atom. The summed E-state index contributed by atoms with van der Waals surface area (Å²) < 4.78 is 29.1. The van der Waals surface area contributed by atoms with Gasteiger partial charge in [0.25, 0.3) is 0 Å². The lowest BCUT2D eigenvalue weighted by Gasteiger charge is -2.19. The quantitative estimate of drug-likeness (QED) is 0.423. The van der Waals surface area contributed by atoms with Crippen LogP contribution in [-0.2, 0) is 6.54 Å². The van der Waals surface area contributed by atoms with Crippen LogP contribution in [-0.4, -0.2) is 30.6 Å². The van der Waals surface area contributed by atoms with Crippen molar-refractivity contribution in [1.29, 1.82) is 0 Å². The van der Waals surface area contributed by atoms with Crippen molar-refractivity contribution in [2.75, 3.05) is 13.1 Å².